The molecule has 0 aromatic carbocycles. The number of aromatic nitrogens is 2. The van der Waals surface area contributed by atoms with Gasteiger partial charge in [0.2, 0.25) is 5.95 Å². The van der Waals surface area contributed by atoms with E-state index in [1.807, 2.05) is 11.8 Å². The minimum atomic E-state index is 0.475. The molecule has 0 unspecified atom stereocenters. The first-order chi connectivity index (χ1) is 9.36. The Kier molecular flexibility index (Phi) is 4.08. The Bertz CT molecular complexity index is 449. The van der Waals surface area contributed by atoms with Crippen LogP contribution in [0.1, 0.15) is 25.5 Å². The predicted octanol–water partition coefficient (Wildman–Crippen LogP) is 2.15. The van der Waals surface area contributed by atoms with Crippen LogP contribution in [0.3, 0.4) is 0 Å². The first kappa shape index (κ1) is 13.0. The van der Waals surface area contributed by atoms with E-state index in [-0.39, 0.29) is 0 Å². The third-order valence-electron chi connectivity index (χ3n) is 3.42. The zero-order valence-corrected chi connectivity index (χ0v) is 12.1. The second kappa shape index (κ2) is 5.96. The van der Waals surface area contributed by atoms with Crippen molar-refractivity contribution in [2.45, 2.75) is 37.1 Å². The fraction of sp³-hybridized carbons (Fsp3) is 0.692. The summed E-state index contributed by atoms with van der Waals surface area (Å²) < 4.78 is 5.40. The lowest BCUT2D eigenvalue weighted by molar-refractivity contribution is 0.0903. The Morgan fingerprint density at radius 2 is 2.16 bits per heavy atom. The van der Waals surface area contributed by atoms with Crippen LogP contribution in [0.4, 0.5) is 11.8 Å². The number of aryl methyl sites for hydroxylation is 1. The van der Waals surface area contributed by atoms with Crippen LogP contribution in [-0.4, -0.2) is 41.5 Å². The Morgan fingerprint density at radius 1 is 1.32 bits per heavy atom. The third-order valence-corrected chi connectivity index (χ3v) is 4.54. The maximum atomic E-state index is 5.40. The summed E-state index contributed by atoms with van der Waals surface area (Å²) in [6.45, 7) is 4.61. The van der Waals surface area contributed by atoms with Crippen LogP contribution in [0, 0.1) is 0 Å². The summed E-state index contributed by atoms with van der Waals surface area (Å²) in [6, 6.07) is 0.475. The fourth-order valence-electron chi connectivity index (χ4n) is 2.44. The summed E-state index contributed by atoms with van der Waals surface area (Å²) in [5.74, 6) is 2.87. The van der Waals surface area contributed by atoms with Crippen molar-refractivity contribution >= 4 is 23.5 Å². The quantitative estimate of drug-likeness (QED) is 0.881. The molecule has 2 aliphatic rings. The van der Waals surface area contributed by atoms with Gasteiger partial charge >= 0.3 is 0 Å². The van der Waals surface area contributed by atoms with Gasteiger partial charge in [0.25, 0.3) is 0 Å². The molecule has 0 bridgehead atoms. The van der Waals surface area contributed by atoms with Crippen molar-refractivity contribution in [1.29, 1.82) is 0 Å². The van der Waals surface area contributed by atoms with Crippen LogP contribution in [0.25, 0.3) is 0 Å². The SMILES string of the molecule is CCNc1nc2c(c(NC3CCOCC3)n1)SCC2. The number of nitrogens with one attached hydrogen (secondary N) is 2. The van der Waals surface area contributed by atoms with Gasteiger partial charge in [-0.3, -0.25) is 0 Å². The molecule has 0 spiro atoms. The predicted molar refractivity (Wildman–Crippen MR) is 78.1 cm³/mol. The van der Waals surface area contributed by atoms with Crippen molar-refractivity contribution in [3.63, 3.8) is 0 Å². The highest BCUT2D eigenvalue weighted by Gasteiger charge is 2.22. The molecule has 1 aromatic rings. The molecular formula is C13H20N4OS. The van der Waals surface area contributed by atoms with E-state index < -0.39 is 0 Å². The zero-order valence-electron chi connectivity index (χ0n) is 11.2. The monoisotopic (exact) mass is 280 g/mol. The van der Waals surface area contributed by atoms with Crippen LogP contribution in [0.15, 0.2) is 4.90 Å². The summed E-state index contributed by atoms with van der Waals surface area (Å²) in [5.41, 5.74) is 1.19. The molecule has 0 saturated carbocycles. The summed E-state index contributed by atoms with van der Waals surface area (Å²) in [5, 5.41) is 6.81. The van der Waals surface area contributed by atoms with E-state index in [4.69, 9.17) is 4.74 Å². The molecule has 0 atom stereocenters. The minimum Gasteiger partial charge on any atom is -0.381 e. The van der Waals surface area contributed by atoms with E-state index in [2.05, 4.69) is 27.5 Å². The lowest BCUT2D eigenvalue weighted by Crippen LogP contribution is -2.28. The molecule has 5 nitrogen and oxygen atoms in total. The van der Waals surface area contributed by atoms with Gasteiger partial charge < -0.3 is 15.4 Å². The topological polar surface area (TPSA) is 59.1 Å². The number of ether oxygens (including phenoxy) is 1. The van der Waals surface area contributed by atoms with Gasteiger partial charge in [0.15, 0.2) is 0 Å². The zero-order chi connectivity index (χ0) is 13.1. The maximum absolute atomic E-state index is 5.40. The van der Waals surface area contributed by atoms with Crippen LogP contribution in [-0.2, 0) is 11.2 Å². The number of rotatable bonds is 4. The number of thioether (sulfide) groups is 1. The largest absolute Gasteiger partial charge is 0.381 e. The molecule has 1 fully saturated rings. The van der Waals surface area contributed by atoms with Crippen molar-refractivity contribution < 1.29 is 4.74 Å². The normalized spacial score (nSPS) is 19.2. The van der Waals surface area contributed by atoms with Gasteiger partial charge in [-0.1, -0.05) is 0 Å². The van der Waals surface area contributed by atoms with Gasteiger partial charge in [-0.2, -0.15) is 4.98 Å². The van der Waals surface area contributed by atoms with Gasteiger partial charge in [0.05, 0.1) is 10.6 Å². The highest BCUT2D eigenvalue weighted by atomic mass is 32.2. The summed E-state index contributed by atoms with van der Waals surface area (Å²) in [4.78, 5) is 10.5. The molecule has 0 aliphatic carbocycles. The van der Waals surface area contributed by atoms with Gasteiger partial charge in [0.1, 0.15) is 5.82 Å². The van der Waals surface area contributed by atoms with E-state index >= 15 is 0 Å². The van der Waals surface area contributed by atoms with E-state index in [1.54, 1.807) is 0 Å². The first-order valence-corrected chi connectivity index (χ1v) is 7.97. The number of fused-ring (bicyclic) bond motifs is 1. The molecule has 0 amide bonds. The second-order valence-corrected chi connectivity index (χ2v) is 5.94. The highest BCUT2D eigenvalue weighted by molar-refractivity contribution is 7.99. The highest BCUT2D eigenvalue weighted by Crippen LogP contribution is 2.36. The van der Waals surface area contributed by atoms with E-state index in [9.17, 15) is 0 Å². The van der Waals surface area contributed by atoms with Crippen molar-refractivity contribution in [3.8, 4) is 0 Å². The molecule has 3 heterocycles. The van der Waals surface area contributed by atoms with Gasteiger partial charge in [-0.05, 0) is 19.8 Å². The average Bonchev–Trinajstić information content (AvgIpc) is 2.89. The van der Waals surface area contributed by atoms with E-state index in [1.165, 1.54) is 10.6 Å². The number of anilines is 2. The fourth-order valence-corrected chi connectivity index (χ4v) is 3.49. The Balaban J connectivity index is 1.81. The molecule has 104 valence electrons. The molecular weight excluding hydrogens is 260 g/mol. The summed E-state index contributed by atoms with van der Waals surface area (Å²) in [7, 11) is 0. The Labute approximate surface area is 117 Å². The lowest BCUT2D eigenvalue weighted by Gasteiger charge is -2.24. The van der Waals surface area contributed by atoms with Crippen LogP contribution in [0.5, 0.6) is 0 Å². The van der Waals surface area contributed by atoms with Gasteiger partial charge in [0, 0.05) is 38.0 Å². The van der Waals surface area contributed by atoms with Crippen molar-refractivity contribution in [1.82, 2.24) is 9.97 Å². The van der Waals surface area contributed by atoms with E-state index in [0.29, 0.717) is 6.04 Å². The van der Waals surface area contributed by atoms with Gasteiger partial charge in [-0.15, -0.1) is 11.8 Å². The van der Waals surface area contributed by atoms with Crippen molar-refractivity contribution in [3.05, 3.63) is 5.69 Å². The number of nitrogens with zero attached hydrogens (tertiary/aromatic N) is 2. The molecule has 2 N–H and O–H groups in total. The molecule has 19 heavy (non-hydrogen) atoms. The van der Waals surface area contributed by atoms with Crippen LogP contribution in [0.2, 0.25) is 0 Å². The second-order valence-electron chi connectivity index (χ2n) is 4.83. The van der Waals surface area contributed by atoms with E-state index in [0.717, 1.165) is 56.5 Å². The lowest BCUT2D eigenvalue weighted by atomic mass is 10.1. The first-order valence-electron chi connectivity index (χ1n) is 6.98. The smallest absolute Gasteiger partial charge is 0.224 e. The molecule has 3 rings (SSSR count). The molecule has 0 radical (unpaired) electrons. The number of hydrogen-bond acceptors (Lipinski definition) is 6. The maximum Gasteiger partial charge on any atom is 0.224 e. The molecule has 6 heteroatoms. The van der Waals surface area contributed by atoms with Crippen LogP contribution < -0.4 is 10.6 Å². The van der Waals surface area contributed by atoms with Crippen molar-refractivity contribution in [2.24, 2.45) is 0 Å². The molecule has 2 aliphatic heterocycles. The molecule has 1 aromatic heterocycles. The summed E-state index contributed by atoms with van der Waals surface area (Å²) >= 11 is 1.86. The number of hydrogen-bond donors (Lipinski definition) is 2. The third kappa shape index (κ3) is 2.95. The average molecular weight is 280 g/mol. The standard InChI is InChI=1S/C13H20N4OS/c1-2-14-13-16-10-5-8-19-11(10)12(17-13)15-9-3-6-18-7-4-9/h9H,2-8H2,1H3,(H2,14,15,16,17). The Hall–Kier alpha value is -1.01. The van der Waals surface area contributed by atoms with Gasteiger partial charge in [-0.25, -0.2) is 4.98 Å². The Morgan fingerprint density at radius 3 is 2.95 bits per heavy atom. The molecule has 1 saturated heterocycles. The van der Waals surface area contributed by atoms with Crippen LogP contribution >= 0.6 is 11.8 Å². The minimum absolute atomic E-state index is 0.475. The summed E-state index contributed by atoms with van der Waals surface area (Å²) in [6.07, 6.45) is 3.16. The van der Waals surface area contributed by atoms with Crippen molar-refractivity contribution in [2.75, 3.05) is 36.1 Å².